The van der Waals surface area contributed by atoms with Crippen molar-refractivity contribution in [2.75, 3.05) is 38.5 Å². The summed E-state index contributed by atoms with van der Waals surface area (Å²) in [5, 5.41) is 9.42. The molecule has 0 aliphatic carbocycles. The van der Waals surface area contributed by atoms with E-state index >= 15 is 0 Å². The van der Waals surface area contributed by atoms with Crippen LogP contribution >= 0.6 is 7.60 Å². The van der Waals surface area contributed by atoms with E-state index in [-0.39, 0.29) is 38.6 Å². The van der Waals surface area contributed by atoms with Crippen LogP contribution in [0, 0.1) is 0 Å². The Morgan fingerprint density at radius 1 is 1.28 bits per heavy atom. The molecular formula is C13H22N5O6P. The number of imidazole rings is 1. The Morgan fingerprint density at radius 3 is 2.64 bits per heavy atom. The van der Waals surface area contributed by atoms with Gasteiger partial charge >= 0.3 is 7.60 Å². The van der Waals surface area contributed by atoms with E-state index in [9.17, 15) is 9.67 Å². The molecule has 0 bridgehead atoms. The SMILES string of the molecule is CCOP(=O)(CO[C@H](CO)COn1cnc2c(N)ncnc21)OCC. The van der Waals surface area contributed by atoms with Gasteiger partial charge in [-0.05, 0) is 13.8 Å². The van der Waals surface area contributed by atoms with E-state index < -0.39 is 13.7 Å². The van der Waals surface area contributed by atoms with Gasteiger partial charge in [0.05, 0.1) is 19.8 Å². The fourth-order valence-electron chi connectivity index (χ4n) is 1.95. The summed E-state index contributed by atoms with van der Waals surface area (Å²) in [4.78, 5) is 17.4. The number of aromatic nitrogens is 4. The second kappa shape index (κ2) is 9.07. The summed E-state index contributed by atoms with van der Waals surface area (Å²) in [6.07, 6.45) is 1.64. The van der Waals surface area contributed by atoms with Gasteiger partial charge in [-0.1, -0.05) is 0 Å². The third-order valence-corrected chi connectivity index (χ3v) is 4.82. The highest BCUT2D eigenvalue weighted by Gasteiger charge is 2.26. The van der Waals surface area contributed by atoms with Gasteiger partial charge in [-0.25, -0.2) is 15.0 Å². The molecule has 2 aromatic heterocycles. The third kappa shape index (κ3) is 5.10. The van der Waals surface area contributed by atoms with Crippen LogP contribution in [0.5, 0.6) is 0 Å². The van der Waals surface area contributed by atoms with E-state index in [1.807, 2.05) is 0 Å². The van der Waals surface area contributed by atoms with Gasteiger partial charge in [0.1, 0.15) is 31.7 Å². The van der Waals surface area contributed by atoms with E-state index in [2.05, 4.69) is 15.0 Å². The lowest BCUT2D eigenvalue weighted by Gasteiger charge is -2.21. The van der Waals surface area contributed by atoms with Crippen LogP contribution in [0.4, 0.5) is 5.82 Å². The first kappa shape index (κ1) is 19.5. The fourth-order valence-corrected chi connectivity index (χ4v) is 3.35. The molecular weight excluding hydrogens is 353 g/mol. The number of fused-ring (bicyclic) bond motifs is 1. The number of rotatable bonds is 11. The number of nitrogens with two attached hydrogens (primary N) is 1. The minimum absolute atomic E-state index is 0.0376. The Labute approximate surface area is 144 Å². The normalized spacial score (nSPS) is 13.2. The molecule has 11 nitrogen and oxygen atoms in total. The predicted octanol–water partition coefficient (Wildman–Crippen LogP) is 0.438. The number of ether oxygens (including phenoxy) is 1. The van der Waals surface area contributed by atoms with Gasteiger partial charge in [0.25, 0.3) is 0 Å². The number of aliphatic hydroxyl groups is 1. The molecule has 140 valence electrons. The minimum Gasteiger partial charge on any atom is -0.408 e. The molecule has 2 heterocycles. The zero-order chi connectivity index (χ0) is 18.3. The highest BCUT2D eigenvalue weighted by Crippen LogP contribution is 2.48. The Hall–Kier alpha value is -1.78. The van der Waals surface area contributed by atoms with Crippen molar-refractivity contribution < 1.29 is 28.3 Å². The van der Waals surface area contributed by atoms with Crippen LogP contribution in [0.3, 0.4) is 0 Å². The molecule has 0 radical (unpaired) electrons. The molecule has 0 aliphatic heterocycles. The Morgan fingerprint density at radius 2 is 2.00 bits per heavy atom. The summed E-state index contributed by atoms with van der Waals surface area (Å²) >= 11 is 0. The minimum atomic E-state index is -3.36. The average Bonchev–Trinajstić information content (AvgIpc) is 3.00. The van der Waals surface area contributed by atoms with Gasteiger partial charge in [-0.2, -0.15) is 4.73 Å². The standard InChI is InChI=1S/C13H22N5O6P/c1-3-23-25(20,24-4-2)9-21-10(5-19)6-22-18-8-17-11-12(14)15-7-16-13(11)18/h7-8,10,19H,3-6,9H2,1-2H3,(H2,14,15,16)/t10-/m1/s1. The van der Waals surface area contributed by atoms with Crippen LogP contribution < -0.4 is 10.6 Å². The molecule has 0 saturated heterocycles. The van der Waals surface area contributed by atoms with Crippen LogP contribution in [0.1, 0.15) is 13.8 Å². The maximum absolute atomic E-state index is 12.3. The van der Waals surface area contributed by atoms with Crippen LogP contribution in [0.25, 0.3) is 11.2 Å². The van der Waals surface area contributed by atoms with Gasteiger partial charge in [-0.3, -0.25) is 4.57 Å². The topological polar surface area (TPSA) is 144 Å². The van der Waals surface area contributed by atoms with Gasteiger partial charge in [-0.15, -0.1) is 0 Å². The quantitative estimate of drug-likeness (QED) is 0.531. The number of hydrogen-bond acceptors (Lipinski definition) is 10. The maximum atomic E-state index is 12.3. The van der Waals surface area contributed by atoms with Crippen molar-refractivity contribution in [1.82, 2.24) is 19.7 Å². The number of anilines is 1. The lowest BCUT2D eigenvalue weighted by molar-refractivity contribution is -0.0345. The van der Waals surface area contributed by atoms with Gasteiger partial charge < -0.3 is 29.5 Å². The van der Waals surface area contributed by atoms with E-state index in [4.69, 9.17) is 24.4 Å². The summed E-state index contributed by atoms with van der Waals surface area (Å²) in [6.45, 7) is 3.48. The molecule has 0 spiro atoms. The van der Waals surface area contributed by atoms with Crippen molar-refractivity contribution >= 4 is 24.6 Å². The Kier molecular flexibility index (Phi) is 7.09. The third-order valence-electron chi connectivity index (χ3n) is 3.05. The second-order valence-electron chi connectivity index (χ2n) is 4.84. The van der Waals surface area contributed by atoms with E-state index in [0.717, 1.165) is 0 Å². The molecule has 0 aliphatic rings. The van der Waals surface area contributed by atoms with Crippen molar-refractivity contribution in [2.24, 2.45) is 0 Å². The monoisotopic (exact) mass is 375 g/mol. The number of nitrogen functional groups attached to an aromatic ring is 1. The van der Waals surface area contributed by atoms with Crippen molar-refractivity contribution in [2.45, 2.75) is 20.0 Å². The highest BCUT2D eigenvalue weighted by molar-refractivity contribution is 7.53. The Bertz CT molecular complexity index is 716. The number of aliphatic hydroxyl groups excluding tert-OH is 1. The molecule has 25 heavy (non-hydrogen) atoms. The molecule has 0 unspecified atom stereocenters. The molecule has 0 amide bonds. The summed E-state index contributed by atoms with van der Waals surface area (Å²) in [7, 11) is -3.36. The molecule has 0 fully saturated rings. The first-order valence-corrected chi connectivity index (χ1v) is 9.43. The van der Waals surface area contributed by atoms with Crippen molar-refractivity contribution in [1.29, 1.82) is 0 Å². The van der Waals surface area contributed by atoms with Crippen LogP contribution in [-0.2, 0) is 18.3 Å². The number of nitrogens with zero attached hydrogens (tertiary/aromatic N) is 4. The molecule has 1 atom stereocenters. The molecule has 0 saturated carbocycles. The summed E-state index contributed by atoms with van der Waals surface area (Å²) < 4.78 is 29.3. The molecule has 3 N–H and O–H groups in total. The maximum Gasteiger partial charge on any atom is 0.356 e. The van der Waals surface area contributed by atoms with Gasteiger partial charge in [0.15, 0.2) is 11.3 Å². The second-order valence-corrected chi connectivity index (χ2v) is 6.84. The fraction of sp³-hybridized carbons (Fsp3) is 0.615. The molecule has 2 aromatic rings. The van der Waals surface area contributed by atoms with Gasteiger partial charge in [0, 0.05) is 0 Å². The predicted molar refractivity (Wildman–Crippen MR) is 88.9 cm³/mol. The number of hydrogen-bond donors (Lipinski definition) is 2. The average molecular weight is 375 g/mol. The smallest absolute Gasteiger partial charge is 0.356 e. The summed E-state index contributed by atoms with van der Waals surface area (Å²) in [5.74, 6) is 0.233. The zero-order valence-corrected chi connectivity index (χ0v) is 15.0. The van der Waals surface area contributed by atoms with Crippen LogP contribution in [0.15, 0.2) is 12.7 Å². The lowest BCUT2D eigenvalue weighted by Crippen LogP contribution is -2.30. The lowest BCUT2D eigenvalue weighted by atomic mass is 10.4. The zero-order valence-electron chi connectivity index (χ0n) is 14.1. The first-order valence-electron chi connectivity index (χ1n) is 7.70. The molecule has 0 aromatic carbocycles. The van der Waals surface area contributed by atoms with E-state index in [1.54, 1.807) is 13.8 Å². The Balaban J connectivity index is 1.95. The van der Waals surface area contributed by atoms with Crippen molar-refractivity contribution in [3.05, 3.63) is 12.7 Å². The van der Waals surface area contributed by atoms with E-state index in [0.29, 0.717) is 11.2 Å². The largest absolute Gasteiger partial charge is 0.408 e. The van der Waals surface area contributed by atoms with E-state index in [1.165, 1.54) is 17.4 Å². The molecule has 2 rings (SSSR count). The van der Waals surface area contributed by atoms with Crippen LogP contribution in [-0.4, -0.2) is 63.7 Å². The first-order chi connectivity index (χ1) is 12.0. The van der Waals surface area contributed by atoms with Gasteiger partial charge in [0.2, 0.25) is 5.65 Å². The highest BCUT2D eigenvalue weighted by atomic mass is 31.2. The van der Waals surface area contributed by atoms with Crippen molar-refractivity contribution in [3.63, 3.8) is 0 Å². The summed E-state index contributed by atoms with van der Waals surface area (Å²) in [6, 6.07) is 0. The molecule has 12 heteroatoms. The summed E-state index contributed by atoms with van der Waals surface area (Å²) in [5.41, 5.74) is 6.49. The van der Waals surface area contributed by atoms with Crippen LogP contribution in [0.2, 0.25) is 0 Å². The van der Waals surface area contributed by atoms with Crippen molar-refractivity contribution in [3.8, 4) is 0 Å².